The van der Waals surface area contributed by atoms with Crippen LogP contribution in [0.25, 0.3) is 17.2 Å². The van der Waals surface area contributed by atoms with Gasteiger partial charge in [0.05, 0.1) is 5.69 Å². The number of carbonyl (C=O) groups is 1. The number of amides is 1. The molecule has 1 N–H and O–H groups in total. The van der Waals surface area contributed by atoms with Crippen molar-refractivity contribution in [1.29, 1.82) is 0 Å². The first-order valence-electron chi connectivity index (χ1n) is 11.8. The smallest absolute Gasteiger partial charge is 0.270 e. The Morgan fingerprint density at radius 3 is 2.71 bits per heavy atom. The van der Waals surface area contributed by atoms with E-state index in [1.165, 1.54) is 0 Å². The van der Waals surface area contributed by atoms with Crippen LogP contribution >= 0.6 is 0 Å². The lowest BCUT2D eigenvalue weighted by atomic mass is 9.92. The van der Waals surface area contributed by atoms with Gasteiger partial charge in [-0.15, -0.1) is 0 Å². The van der Waals surface area contributed by atoms with Gasteiger partial charge in [-0.1, -0.05) is 31.2 Å². The summed E-state index contributed by atoms with van der Waals surface area (Å²) in [6.45, 7) is 5.64. The lowest BCUT2D eigenvalue weighted by molar-refractivity contribution is -0.0495. The summed E-state index contributed by atoms with van der Waals surface area (Å²) in [6.07, 6.45) is 4.82. The molecular weight excluding hydrogens is 452 g/mol. The van der Waals surface area contributed by atoms with Gasteiger partial charge in [-0.05, 0) is 37.8 Å². The quantitative estimate of drug-likeness (QED) is 0.451. The molecular formula is C25H27F2N7O. The fourth-order valence-electron chi connectivity index (χ4n) is 4.46. The minimum absolute atomic E-state index is 0.212. The zero-order valence-electron chi connectivity index (χ0n) is 19.9. The van der Waals surface area contributed by atoms with Crippen LogP contribution in [0.2, 0.25) is 0 Å². The molecule has 1 amide bonds. The third-order valence-electron chi connectivity index (χ3n) is 6.48. The second kappa shape index (κ2) is 8.83. The zero-order chi connectivity index (χ0) is 24.7. The van der Waals surface area contributed by atoms with E-state index in [0.717, 1.165) is 23.6 Å². The number of imidazole rings is 1. The fourth-order valence-corrected chi connectivity index (χ4v) is 4.46. The molecule has 1 atom stereocenters. The number of nitrogens with zero attached hydrogens (tertiary/aromatic N) is 6. The Morgan fingerprint density at radius 1 is 1.23 bits per heavy atom. The van der Waals surface area contributed by atoms with Gasteiger partial charge in [0, 0.05) is 43.4 Å². The summed E-state index contributed by atoms with van der Waals surface area (Å²) in [6, 6.07) is 7.57. The van der Waals surface area contributed by atoms with Crippen molar-refractivity contribution in [2.24, 2.45) is 5.92 Å². The third-order valence-corrected chi connectivity index (χ3v) is 6.48. The van der Waals surface area contributed by atoms with Gasteiger partial charge < -0.3 is 5.32 Å². The van der Waals surface area contributed by atoms with Gasteiger partial charge in [-0.2, -0.15) is 5.10 Å². The number of hydrogen-bond donors (Lipinski definition) is 1. The first kappa shape index (κ1) is 23.1. The summed E-state index contributed by atoms with van der Waals surface area (Å²) in [5, 5.41) is 7.48. The van der Waals surface area contributed by atoms with E-state index in [2.05, 4.69) is 25.4 Å². The summed E-state index contributed by atoms with van der Waals surface area (Å²) in [5.41, 5.74) is 3.86. The molecule has 1 aromatic carbocycles. The maximum Gasteiger partial charge on any atom is 0.270 e. The molecule has 1 aliphatic rings. The highest BCUT2D eigenvalue weighted by Gasteiger charge is 2.37. The lowest BCUT2D eigenvalue weighted by Crippen LogP contribution is -2.32. The van der Waals surface area contributed by atoms with E-state index in [1.807, 2.05) is 44.3 Å². The molecule has 3 aromatic heterocycles. The van der Waals surface area contributed by atoms with Crippen molar-refractivity contribution in [2.45, 2.75) is 59.0 Å². The molecule has 0 bridgehead atoms. The van der Waals surface area contributed by atoms with Crippen LogP contribution in [0, 0.1) is 12.8 Å². The molecule has 8 nitrogen and oxygen atoms in total. The summed E-state index contributed by atoms with van der Waals surface area (Å²) in [4.78, 5) is 26.3. The van der Waals surface area contributed by atoms with Gasteiger partial charge in [0.25, 0.3) is 5.91 Å². The van der Waals surface area contributed by atoms with E-state index in [-0.39, 0.29) is 12.3 Å². The molecule has 4 heterocycles. The van der Waals surface area contributed by atoms with Crippen LogP contribution in [-0.2, 0) is 25.9 Å². The van der Waals surface area contributed by atoms with Crippen molar-refractivity contribution in [3.63, 3.8) is 0 Å². The minimum Gasteiger partial charge on any atom is -0.347 e. The maximum atomic E-state index is 13.7. The first-order valence-corrected chi connectivity index (χ1v) is 11.8. The molecule has 0 fully saturated rings. The van der Waals surface area contributed by atoms with Gasteiger partial charge in [-0.3, -0.25) is 9.20 Å². The van der Waals surface area contributed by atoms with Crippen LogP contribution in [0.5, 0.6) is 0 Å². The van der Waals surface area contributed by atoms with Gasteiger partial charge in [0.15, 0.2) is 5.82 Å². The molecule has 1 unspecified atom stereocenters. The fraction of sp³-hybridized carbons (Fsp3) is 0.400. The molecule has 5 rings (SSSR count). The second-order valence-corrected chi connectivity index (χ2v) is 9.16. The highest BCUT2D eigenvalue weighted by molar-refractivity contribution is 5.94. The van der Waals surface area contributed by atoms with Crippen molar-refractivity contribution in [1.82, 2.24) is 34.4 Å². The summed E-state index contributed by atoms with van der Waals surface area (Å²) in [5.74, 6) is -2.02. The van der Waals surface area contributed by atoms with Crippen LogP contribution in [0.1, 0.15) is 53.4 Å². The minimum atomic E-state index is -2.72. The Balaban J connectivity index is 1.28. The van der Waals surface area contributed by atoms with E-state index in [4.69, 9.17) is 0 Å². The van der Waals surface area contributed by atoms with E-state index in [1.54, 1.807) is 15.3 Å². The van der Waals surface area contributed by atoms with Gasteiger partial charge in [0.2, 0.25) is 11.7 Å². The van der Waals surface area contributed by atoms with Crippen LogP contribution in [0.3, 0.4) is 0 Å². The number of fused-ring (bicyclic) bond motifs is 2. The highest BCUT2D eigenvalue weighted by Crippen LogP contribution is 2.33. The van der Waals surface area contributed by atoms with Crippen molar-refractivity contribution in [3.8, 4) is 11.4 Å². The third kappa shape index (κ3) is 4.52. The molecule has 10 heteroatoms. The monoisotopic (exact) mass is 479 g/mol. The van der Waals surface area contributed by atoms with E-state index in [0.29, 0.717) is 54.7 Å². The Morgan fingerprint density at radius 2 is 2.00 bits per heavy atom. The van der Waals surface area contributed by atoms with Crippen molar-refractivity contribution >= 4 is 11.7 Å². The predicted octanol–water partition coefficient (Wildman–Crippen LogP) is 4.01. The van der Waals surface area contributed by atoms with E-state index >= 15 is 0 Å². The highest BCUT2D eigenvalue weighted by atomic mass is 19.3. The zero-order valence-corrected chi connectivity index (χ0v) is 19.9. The average molecular weight is 480 g/mol. The van der Waals surface area contributed by atoms with Crippen LogP contribution in [0.4, 0.5) is 8.78 Å². The first-order chi connectivity index (χ1) is 16.7. The van der Waals surface area contributed by atoms with Gasteiger partial charge >= 0.3 is 0 Å². The Hall–Kier alpha value is -3.69. The van der Waals surface area contributed by atoms with Gasteiger partial charge in [0.1, 0.15) is 11.5 Å². The van der Waals surface area contributed by atoms with Crippen LogP contribution in [-0.4, -0.2) is 41.0 Å². The topological polar surface area (TPSA) is 90.0 Å². The van der Waals surface area contributed by atoms with Crippen molar-refractivity contribution in [3.05, 3.63) is 65.0 Å². The Kier molecular flexibility index (Phi) is 5.82. The molecule has 0 saturated heterocycles. The van der Waals surface area contributed by atoms with Crippen LogP contribution in [0.15, 0.2) is 36.7 Å². The number of nitrogens with one attached hydrogen (secondary N) is 1. The number of benzene rings is 1. The van der Waals surface area contributed by atoms with E-state index < -0.39 is 11.8 Å². The van der Waals surface area contributed by atoms with Crippen molar-refractivity contribution < 1.29 is 13.6 Å². The van der Waals surface area contributed by atoms with E-state index in [9.17, 15) is 13.6 Å². The molecule has 1 aliphatic heterocycles. The molecule has 0 saturated carbocycles. The second-order valence-electron chi connectivity index (χ2n) is 9.16. The maximum absolute atomic E-state index is 13.7. The van der Waals surface area contributed by atoms with Gasteiger partial charge in [-0.25, -0.2) is 28.4 Å². The standard InChI is InChI=1S/C25H27F2N7O/c1-4-19-21(33-14-15(2)12-29-24(33)30-19)23(35)28-13-16-5-7-17(8-6-16)22-31-20-11-18(25(3,26)27)9-10-34(20)32-22/h5-8,12,14,18H,4,9-11,13H2,1-3H3,(H,28,35). The molecule has 4 aromatic rings. The normalized spacial score (nSPS) is 15.9. The molecule has 182 valence electrons. The predicted molar refractivity (Wildman–Crippen MR) is 126 cm³/mol. The number of hydrogen-bond acceptors (Lipinski definition) is 5. The SMILES string of the molecule is CCc1nc2ncc(C)cn2c1C(=O)NCc1ccc(-c2nc3n(n2)CCC(C(C)(F)F)C3)cc1. The number of rotatable bonds is 6. The summed E-state index contributed by atoms with van der Waals surface area (Å²) < 4.78 is 30.9. The number of alkyl halides is 2. The number of aryl methyl sites for hydroxylation is 3. The van der Waals surface area contributed by atoms with Crippen LogP contribution < -0.4 is 5.32 Å². The Bertz CT molecular complexity index is 1390. The summed E-state index contributed by atoms with van der Waals surface area (Å²) in [7, 11) is 0. The summed E-state index contributed by atoms with van der Waals surface area (Å²) >= 11 is 0. The molecule has 35 heavy (non-hydrogen) atoms. The number of halogens is 2. The largest absolute Gasteiger partial charge is 0.347 e. The number of aromatic nitrogens is 6. The molecule has 0 aliphatic carbocycles. The molecule has 0 spiro atoms. The Labute approximate surface area is 201 Å². The lowest BCUT2D eigenvalue weighted by Gasteiger charge is -2.26. The number of carbonyl (C=O) groups excluding carboxylic acids is 1. The molecule has 0 radical (unpaired) electrons. The average Bonchev–Trinajstić information content (AvgIpc) is 3.42. The van der Waals surface area contributed by atoms with Crippen molar-refractivity contribution in [2.75, 3.05) is 0 Å².